The summed E-state index contributed by atoms with van der Waals surface area (Å²) >= 11 is 11.7. The molecule has 2 aromatic heterocycles. The minimum absolute atomic E-state index is 0.130. The lowest BCUT2D eigenvalue weighted by Crippen LogP contribution is -2.52. The first-order valence-corrected chi connectivity index (χ1v) is 8.93. The van der Waals surface area contributed by atoms with Crippen LogP contribution in [-0.2, 0) is 6.42 Å². The highest BCUT2D eigenvalue weighted by Gasteiger charge is 2.32. The summed E-state index contributed by atoms with van der Waals surface area (Å²) < 4.78 is 14.4. The fourth-order valence-corrected chi connectivity index (χ4v) is 3.35. The van der Waals surface area contributed by atoms with Gasteiger partial charge in [0.05, 0.1) is 21.2 Å². The maximum atomic E-state index is 14.4. The third kappa shape index (κ3) is 3.20. The molecule has 0 saturated carbocycles. The maximum absolute atomic E-state index is 14.4. The number of halogens is 3. The molecule has 1 saturated heterocycles. The van der Waals surface area contributed by atoms with Gasteiger partial charge in [0.15, 0.2) is 11.6 Å². The minimum atomic E-state index is -0.630. The van der Waals surface area contributed by atoms with Crippen molar-refractivity contribution in [1.82, 2.24) is 20.3 Å². The fourth-order valence-electron chi connectivity index (χ4n) is 3.03. The SMILES string of the molecule is CC1(Cc2ccc3ncnc(Nc4ccc(Cl)c(Cl)c4F)c3n2)CNC1. The third-order valence-electron chi connectivity index (χ3n) is 4.54. The van der Waals surface area contributed by atoms with Crippen molar-refractivity contribution < 1.29 is 4.39 Å². The van der Waals surface area contributed by atoms with Crippen LogP contribution in [0.1, 0.15) is 12.6 Å². The van der Waals surface area contributed by atoms with Crippen molar-refractivity contribution in [3.8, 4) is 0 Å². The molecular weight excluding hydrogens is 376 g/mol. The van der Waals surface area contributed by atoms with Gasteiger partial charge in [0, 0.05) is 18.8 Å². The second-order valence-corrected chi connectivity index (χ2v) is 7.62. The summed E-state index contributed by atoms with van der Waals surface area (Å²) in [4.78, 5) is 13.2. The molecule has 1 aliphatic rings. The van der Waals surface area contributed by atoms with Gasteiger partial charge in [-0.25, -0.2) is 19.3 Å². The van der Waals surface area contributed by atoms with Crippen molar-refractivity contribution in [2.75, 3.05) is 18.4 Å². The molecule has 3 aromatic rings. The van der Waals surface area contributed by atoms with E-state index in [9.17, 15) is 4.39 Å². The molecule has 0 atom stereocenters. The second-order valence-electron chi connectivity index (χ2n) is 6.83. The summed E-state index contributed by atoms with van der Waals surface area (Å²) in [7, 11) is 0. The van der Waals surface area contributed by atoms with Crippen molar-refractivity contribution in [1.29, 1.82) is 0 Å². The zero-order valence-corrected chi connectivity index (χ0v) is 15.5. The highest BCUT2D eigenvalue weighted by Crippen LogP contribution is 2.32. The Kier molecular flexibility index (Phi) is 4.42. The molecule has 5 nitrogen and oxygen atoms in total. The van der Waals surface area contributed by atoms with Gasteiger partial charge >= 0.3 is 0 Å². The number of rotatable bonds is 4. The van der Waals surface area contributed by atoms with Gasteiger partial charge in [0.25, 0.3) is 0 Å². The topological polar surface area (TPSA) is 62.7 Å². The highest BCUT2D eigenvalue weighted by molar-refractivity contribution is 6.42. The third-order valence-corrected chi connectivity index (χ3v) is 5.32. The highest BCUT2D eigenvalue weighted by atomic mass is 35.5. The monoisotopic (exact) mass is 391 g/mol. The molecule has 1 fully saturated rings. The smallest absolute Gasteiger partial charge is 0.166 e. The van der Waals surface area contributed by atoms with E-state index in [-0.39, 0.29) is 21.1 Å². The predicted molar refractivity (Wildman–Crippen MR) is 102 cm³/mol. The average Bonchev–Trinajstić information content (AvgIpc) is 2.61. The van der Waals surface area contributed by atoms with Crippen LogP contribution in [0.5, 0.6) is 0 Å². The van der Waals surface area contributed by atoms with Crippen LogP contribution in [-0.4, -0.2) is 28.0 Å². The summed E-state index contributed by atoms with van der Waals surface area (Å²) in [6.45, 7) is 4.16. The first kappa shape index (κ1) is 17.4. The van der Waals surface area contributed by atoms with Crippen molar-refractivity contribution in [3.63, 3.8) is 0 Å². The molecule has 0 spiro atoms. The van der Waals surface area contributed by atoms with Gasteiger partial charge in [-0.2, -0.15) is 0 Å². The van der Waals surface area contributed by atoms with Gasteiger partial charge in [-0.15, -0.1) is 0 Å². The number of aromatic nitrogens is 3. The first-order valence-electron chi connectivity index (χ1n) is 8.17. The summed E-state index contributed by atoms with van der Waals surface area (Å²) in [6.07, 6.45) is 2.27. The Morgan fingerprint density at radius 3 is 2.73 bits per heavy atom. The largest absolute Gasteiger partial charge is 0.336 e. The van der Waals surface area contributed by atoms with Crippen LogP contribution in [0.15, 0.2) is 30.6 Å². The van der Waals surface area contributed by atoms with E-state index in [1.165, 1.54) is 18.5 Å². The fraction of sp³-hybridized carbons (Fsp3) is 0.278. The molecule has 0 unspecified atom stereocenters. The van der Waals surface area contributed by atoms with Crippen molar-refractivity contribution in [2.24, 2.45) is 5.41 Å². The summed E-state index contributed by atoms with van der Waals surface area (Å²) in [5.41, 5.74) is 2.62. The molecule has 1 aromatic carbocycles. The Hall–Kier alpha value is -2.02. The van der Waals surface area contributed by atoms with E-state index < -0.39 is 5.82 Å². The molecule has 0 aliphatic carbocycles. The second kappa shape index (κ2) is 6.61. The number of hydrogen-bond acceptors (Lipinski definition) is 5. The molecular formula is C18H16Cl2FN5. The van der Waals surface area contributed by atoms with Gasteiger partial charge < -0.3 is 10.6 Å². The van der Waals surface area contributed by atoms with Crippen LogP contribution in [0, 0.1) is 11.2 Å². The van der Waals surface area contributed by atoms with E-state index in [2.05, 4.69) is 27.5 Å². The lowest BCUT2D eigenvalue weighted by atomic mass is 9.80. The Morgan fingerprint density at radius 1 is 1.19 bits per heavy atom. The molecule has 26 heavy (non-hydrogen) atoms. The van der Waals surface area contributed by atoms with Crippen LogP contribution in [0.3, 0.4) is 0 Å². The summed E-state index contributed by atoms with van der Waals surface area (Å²) in [5.74, 6) is -0.207. The molecule has 1 aliphatic heterocycles. The number of benzene rings is 1. The Morgan fingerprint density at radius 2 is 2.00 bits per heavy atom. The molecule has 4 rings (SSSR count). The molecule has 134 valence electrons. The predicted octanol–water partition coefficient (Wildman–Crippen LogP) is 4.37. The maximum Gasteiger partial charge on any atom is 0.166 e. The van der Waals surface area contributed by atoms with E-state index >= 15 is 0 Å². The van der Waals surface area contributed by atoms with Crippen LogP contribution in [0.2, 0.25) is 10.0 Å². The quantitative estimate of drug-likeness (QED) is 0.646. The summed E-state index contributed by atoms with van der Waals surface area (Å²) in [5, 5.41) is 6.27. The van der Waals surface area contributed by atoms with Gasteiger partial charge in [-0.05, 0) is 36.1 Å². The number of fused-ring (bicyclic) bond motifs is 1. The Balaban J connectivity index is 1.71. The summed E-state index contributed by atoms with van der Waals surface area (Å²) in [6, 6.07) is 6.93. The van der Waals surface area contributed by atoms with E-state index in [0.717, 1.165) is 25.2 Å². The average molecular weight is 392 g/mol. The number of nitrogens with zero attached hydrogens (tertiary/aromatic N) is 3. The van der Waals surface area contributed by atoms with E-state index in [0.29, 0.717) is 16.9 Å². The lowest BCUT2D eigenvalue weighted by Gasteiger charge is -2.39. The van der Waals surface area contributed by atoms with Crippen molar-refractivity contribution in [3.05, 3.63) is 52.1 Å². The molecule has 3 heterocycles. The Labute approximate surface area is 160 Å². The zero-order chi connectivity index (χ0) is 18.3. The van der Waals surface area contributed by atoms with Crippen LogP contribution >= 0.6 is 23.2 Å². The molecule has 0 amide bonds. The number of hydrogen-bond donors (Lipinski definition) is 2. The Bertz CT molecular complexity index is 991. The molecule has 2 N–H and O–H groups in total. The number of nitrogens with one attached hydrogen (secondary N) is 2. The van der Waals surface area contributed by atoms with Crippen LogP contribution in [0.4, 0.5) is 15.9 Å². The normalized spacial score (nSPS) is 15.7. The van der Waals surface area contributed by atoms with E-state index in [4.69, 9.17) is 28.2 Å². The first-order chi connectivity index (χ1) is 12.5. The van der Waals surface area contributed by atoms with Crippen LogP contribution in [0.25, 0.3) is 11.0 Å². The van der Waals surface area contributed by atoms with Gasteiger partial charge in [0.1, 0.15) is 11.8 Å². The van der Waals surface area contributed by atoms with E-state index in [1.807, 2.05) is 12.1 Å². The van der Waals surface area contributed by atoms with Gasteiger partial charge in [-0.1, -0.05) is 30.1 Å². The molecule has 8 heteroatoms. The minimum Gasteiger partial charge on any atom is -0.336 e. The lowest BCUT2D eigenvalue weighted by molar-refractivity contribution is 0.194. The number of anilines is 2. The van der Waals surface area contributed by atoms with Gasteiger partial charge in [-0.3, -0.25) is 0 Å². The number of pyridine rings is 1. The van der Waals surface area contributed by atoms with Crippen molar-refractivity contribution >= 4 is 45.7 Å². The van der Waals surface area contributed by atoms with Crippen LogP contribution < -0.4 is 10.6 Å². The van der Waals surface area contributed by atoms with Crippen molar-refractivity contribution in [2.45, 2.75) is 13.3 Å². The van der Waals surface area contributed by atoms with Gasteiger partial charge in [0.2, 0.25) is 0 Å². The molecule has 0 radical (unpaired) electrons. The molecule has 0 bridgehead atoms. The van der Waals surface area contributed by atoms with E-state index in [1.54, 1.807) is 0 Å². The standard InChI is InChI=1S/C18H16Cl2FN5/c1-18(7-22-8-18)6-10-2-4-13-16(25-10)17(24-9-23-13)26-12-5-3-11(19)14(20)15(12)21/h2-5,9,22H,6-8H2,1H3,(H,23,24,26). The zero-order valence-electron chi connectivity index (χ0n) is 14.0.